The second kappa shape index (κ2) is 5.58. The molecule has 1 aromatic carbocycles. The number of benzene rings is 1. The van der Waals surface area contributed by atoms with E-state index in [0.29, 0.717) is 24.1 Å². The quantitative estimate of drug-likeness (QED) is 0.852. The Labute approximate surface area is 101 Å². The van der Waals surface area contributed by atoms with Crippen molar-refractivity contribution >= 4 is 0 Å². The summed E-state index contributed by atoms with van der Waals surface area (Å²) < 4.78 is 26.2. The smallest absolute Gasteiger partial charge is 0.129 e. The van der Waals surface area contributed by atoms with E-state index < -0.39 is 11.6 Å². The second-order valence-corrected chi connectivity index (χ2v) is 4.97. The van der Waals surface area contributed by atoms with Crippen LogP contribution in [0.25, 0.3) is 0 Å². The van der Waals surface area contributed by atoms with Gasteiger partial charge in [0, 0.05) is 18.2 Å². The summed E-state index contributed by atoms with van der Waals surface area (Å²) in [6.45, 7) is 2.19. The first-order valence-corrected chi connectivity index (χ1v) is 6.35. The molecule has 17 heavy (non-hydrogen) atoms. The van der Waals surface area contributed by atoms with Crippen LogP contribution >= 0.6 is 0 Å². The molecule has 2 rings (SSSR count). The molecule has 0 radical (unpaired) electrons. The lowest BCUT2D eigenvalue weighted by atomic mass is 9.94. The van der Waals surface area contributed by atoms with Gasteiger partial charge in [-0.05, 0) is 44.2 Å². The maximum Gasteiger partial charge on any atom is 0.129 e. The molecule has 0 bridgehead atoms. The van der Waals surface area contributed by atoms with Crippen molar-refractivity contribution in [2.75, 3.05) is 0 Å². The molecule has 1 saturated heterocycles. The second-order valence-electron chi connectivity index (χ2n) is 4.97. The van der Waals surface area contributed by atoms with Gasteiger partial charge >= 0.3 is 0 Å². The summed E-state index contributed by atoms with van der Waals surface area (Å²) in [4.78, 5) is 0. The maximum absolute atomic E-state index is 13.4. The molecule has 1 aromatic rings. The van der Waals surface area contributed by atoms with Crippen LogP contribution in [-0.2, 0) is 6.42 Å². The Bertz CT molecular complexity index is 378. The number of rotatable bonds is 3. The maximum atomic E-state index is 13.4. The zero-order valence-corrected chi connectivity index (χ0v) is 10.2. The Morgan fingerprint density at radius 3 is 2.82 bits per heavy atom. The van der Waals surface area contributed by atoms with Crippen molar-refractivity contribution in [3.8, 4) is 0 Å². The minimum atomic E-state index is -0.504. The molecule has 2 atom stereocenters. The van der Waals surface area contributed by atoms with Crippen molar-refractivity contribution in [1.29, 1.82) is 0 Å². The van der Waals surface area contributed by atoms with Crippen molar-refractivity contribution in [3.05, 3.63) is 35.4 Å². The van der Waals surface area contributed by atoms with Crippen molar-refractivity contribution in [2.24, 2.45) is 0 Å². The van der Waals surface area contributed by atoms with Crippen molar-refractivity contribution in [2.45, 2.75) is 51.1 Å². The molecule has 1 aliphatic heterocycles. The fourth-order valence-corrected chi connectivity index (χ4v) is 2.52. The first-order valence-electron chi connectivity index (χ1n) is 6.35. The van der Waals surface area contributed by atoms with Crippen LogP contribution in [-0.4, -0.2) is 12.1 Å². The van der Waals surface area contributed by atoms with Gasteiger partial charge in [0.05, 0.1) is 0 Å². The lowest BCUT2D eigenvalue weighted by Gasteiger charge is -2.28. The molecule has 1 aliphatic rings. The fourth-order valence-electron chi connectivity index (χ4n) is 2.52. The first kappa shape index (κ1) is 12.5. The van der Waals surface area contributed by atoms with Crippen LogP contribution in [0.1, 0.15) is 38.2 Å². The predicted octanol–water partition coefficient (Wildman–Crippen LogP) is 3.43. The highest BCUT2D eigenvalue weighted by Gasteiger charge is 2.17. The van der Waals surface area contributed by atoms with E-state index in [2.05, 4.69) is 12.2 Å². The first-order chi connectivity index (χ1) is 8.15. The molecule has 94 valence electrons. The molecule has 0 amide bonds. The normalized spacial score (nSPS) is 24.9. The summed E-state index contributed by atoms with van der Waals surface area (Å²) in [6, 6.07) is 4.88. The van der Waals surface area contributed by atoms with E-state index in [9.17, 15) is 8.78 Å². The number of piperidine rings is 1. The van der Waals surface area contributed by atoms with Crippen molar-refractivity contribution < 1.29 is 8.78 Å². The van der Waals surface area contributed by atoms with E-state index in [-0.39, 0.29) is 0 Å². The van der Waals surface area contributed by atoms with Gasteiger partial charge in [-0.25, -0.2) is 8.78 Å². The standard InChI is InChI=1S/C14H19F2N/c1-10-3-2-4-13(17-10)8-6-11-5-7-12(15)9-14(11)16/h5,7,9-10,13,17H,2-4,6,8H2,1H3. The lowest BCUT2D eigenvalue weighted by molar-refractivity contribution is 0.321. The zero-order chi connectivity index (χ0) is 12.3. The van der Waals surface area contributed by atoms with Gasteiger partial charge in [-0.2, -0.15) is 0 Å². The Morgan fingerprint density at radius 2 is 2.12 bits per heavy atom. The van der Waals surface area contributed by atoms with Crippen LogP contribution in [0.3, 0.4) is 0 Å². The number of hydrogen-bond acceptors (Lipinski definition) is 1. The SMILES string of the molecule is CC1CCCC(CCc2ccc(F)cc2F)N1. The van der Waals surface area contributed by atoms with E-state index in [1.54, 1.807) is 6.07 Å². The summed E-state index contributed by atoms with van der Waals surface area (Å²) in [6.07, 6.45) is 5.22. The van der Waals surface area contributed by atoms with Crippen molar-refractivity contribution in [1.82, 2.24) is 5.32 Å². The van der Waals surface area contributed by atoms with Gasteiger partial charge in [0.25, 0.3) is 0 Å². The van der Waals surface area contributed by atoms with Gasteiger partial charge in [0.15, 0.2) is 0 Å². The molecule has 0 saturated carbocycles. The lowest BCUT2D eigenvalue weighted by Crippen LogP contribution is -2.40. The fraction of sp³-hybridized carbons (Fsp3) is 0.571. The molecule has 0 aliphatic carbocycles. The Balaban J connectivity index is 1.88. The third-order valence-corrected chi connectivity index (χ3v) is 3.49. The zero-order valence-electron chi connectivity index (χ0n) is 10.2. The van der Waals surface area contributed by atoms with Gasteiger partial charge < -0.3 is 5.32 Å². The van der Waals surface area contributed by atoms with E-state index in [1.165, 1.54) is 18.9 Å². The molecule has 1 nitrogen and oxygen atoms in total. The summed E-state index contributed by atoms with van der Waals surface area (Å²) in [5.74, 6) is -0.926. The number of nitrogens with one attached hydrogen (secondary N) is 1. The van der Waals surface area contributed by atoms with Gasteiger partial charge in [-0.1, -0.05) is 12.5 Å². The predicted molar refractivity (Wildman–Crippen MR) is 64.9 cm³/mol. The number of halogens is 2. The van der Waals surface area contributed by atoms with E-state index >= 15 is 0 Å². The van der Waals surface area contributed by atoms with Crippen LogP contribution in [0, 0.1) is 11.6 Å². The molecule has 3 heteroatoms. The van der Waals surface area contributed by atoms with Gasteiger partial charge in [0.1, 0.15) is 11.6 Å². The topological polar surface area (TPSA) is 12.0 Å². The molecule has 0 aromatic heterocycles. The Kier molecular flexibility index (Phi) is 4.11. The highest BCUT2D eigenvalue weighted by atomic mass is 19.1. The molecular weight excluding hydrogens is 220 g/mol. The average molecular weight is 239 g/mol. The van der Waals surface area contributed by atoms with Gasteiger partial charge in [-0.15, -0.1) is 0 Å². The highest BCUT2D eigenvalue weighted by Crippen LogP contribution is 2.18. The number of hydrogen-bond donors (Lipinski definition) is 1. The van der Waals surface area contributed by atoms with Gasteiger partial charge in [-0.3, -0.25) is 0 Å². The third kappa shape index (κ3) is 3.50. The monoisotopic (exact) mass is 239 g/mol. The summed E-state index contributed by atoms with van der Waals surface area (Å²) in [7, 11) is 0. The van der Waals surface area contributed by atoms with E-state index in [1.807, 2.05) is 0 Å². The molecular formula is C14H19F2N. The van der Waals surface area contributed by atoms with Crippen LogP contribution in [0.4, 0.5) is 8.78 Å². The van der Waals surface area contributed by atoms with Crippen LogP contribution < -0.4 is 5.32 Å². The van der Waals surface area contributed by atoms with E-state index in [0.717, 1.165) is 18.9 Å². The third-order valence-electron chi connectivity index (χ3n) is 3.49. The Hall–Kier alpha value is -0.960. The van der Waals surface area contributed by atoms with Crippen LogP contribution in [0.5, 0.6) is 0 Å². The summed E-state index contributed by atoms with van der Waals surface area (Å²) in [5.41, 5.74) is 0.617. The molecule has 1 N–H and O–H groups in total. The van der Waals surface area contributed by atoms with E-state index in [4.69, 9.17) is 0 Å². The number of aryl methyl sites for hydroxylation is 1. The van der Waals surface area contributed by atoms with Crippen molar-refractivity contribution in [3.63, 3.8) is 0 Å². The molecule has 1 heterocycles. The minimum absolute atomic E-state index is 0.422. The summed E-state index contributed by atoms with van der Waals surface area (Å²) in [5, 5.41) is 3.52. The van der Waals surface area contributed by atoms with Gasteiger partial charge in [0.2, 0.25) is 0 Å². The Morgan fingerprint density at radius 1 is 1.29 bits per heavy atom. The largest absolute Gasteiger partial charge is 0.311 e. The van der Waals surface area contributed by atoms with Crippen LogP contribution in [0.2, 0.25) is 0 Å². The molecule has 1 fully saturated rings. The van der Waals surface area contributed by atoms with Crippen LogP contribution in [0.15, 0.2) is 18.2 Å². The highest BCUT2D eigenvalue weighted by molar-refractivity contribution is 5.18. The molecule has 0 spiro atoms. The summed E-state index contributed by atoms with van der Waals surface area (Å²) >= 11 is 0. The minimum Gasteiger partial charge on any atom is -0.311 e. The average Bonchev–Trinajstić information content (AvgIpc) is 2.28. The molecule has 2 unspecified atom stereocenters.